The van der Waals surface area contributed by atoms with Crippen LogP contribution in [-0.2, 0) is 35.2 Å². The van der Waals surface area contributed by atoms with Gasteiger partial charge in [-0.25, -0.2) is 4.79 Å². The lowest BCUT2D eigenvalue weighted by Gasteiger charge is -2.25. The Bertz CT molecular complexity index is 969. The summed E-state index contributed by atoms with van der Waals surface area (Å²) < 4.78 is 0. The van der Waals surface area contributed by atoms with E-state index in [1.165, 1.54) is 24.3 Å². The van der Waals surface area contributed by atoms with Gasteiger partial charge in [0.25, 0.3) is 0 Å². The third kappa shape index (κ3) is 10.4. The van der Waals surface area contributed by atoms with Crippen molar-refractivity contribution in [2.75, 3.05) is 6.61 Å². The number of primary amides is 2. The zero-order chi connectivity index (χ0) is 27.4. The summed E-state index contributed by atoms with van der Waals surface area (Å²) in [6.07, 6.45) is -1.54. The molecule has 0 aromatic heterocycles. The van der Waals surface area contributed by atoms with Gasteiger partial charge in [-0.2, -0.15) is 0 Å². The van der Waals surface area contributed by atoms with Crippen molar-refractivity contribution < 1.29 is 44.1 Å². The minimum atomic E-state index is -1.70. The lowest BCUT2D eigenvalue weighted by molar-refractivity contribution is -0.144. The third-order valence-corrected chi connectivity index (χ3v) is 4.87. The highest BCUT2D eigenvalue weighted by Crippen LogP contribution is 2.12. The summed E-state index contributed by atoms with van der Waals surface area (Å²) in [5.74, 6) is -6.24. The number of nitrogens with two attached hydrogens (primary N) is 3. The van der Waals surface area contributed by atoms with Gasteiger partial charge in [-0.1, -0.05) is 12.1 Å². The van der Waals surface area contributed by atoms with E-state index in [9.17, 15) is 39.0 Å². The van der Waals surface area contributed by atoms with E-state index in [1.54, 1.807) is 0 Å². The molecular weight excluding hydrogens is 480 g/mol. The minimum Gasteiger partial charge on any atom is -0.508 e. The number of aromatic hydroxyl groups is 1. The van der Waals surface area contributed by atoms with Crippen molar-refractivity contribution in [2.24, 2.45) is 17.2 Å². The van der Waals surface area contributed by atoms with E-state index in [2.05, 4.69) is 16.0 Å². The van der Waals surface area contributed by atoms with E-state index in [0.29, 0.717) is 5.56 Å². The molecular formula is C21H30N6O9. The highest BCUT2D eigenvalue weighted by molar-refractivity contribution is 5.95. The average Bonchev–Trinajstić information content (AvgIpc) is 2.80. The van der Waals surface area contributed by atoms with Crippen LogP contribution in [0.1, 0.15) is 24.8 Å². The molecule has 12 N–H and O–H groups in total. The van der Waals surface area contributed by atoms with Gasteiger partial charge in [-0.05, 0) is 24.1 Å². The van der Waals surface area contributed by atoms with Crippen LogP contribution in [0.2, 0.25) is 0 Å². The van der Waals surface area contributed by atoms with Crippen molar-refractivity contribution in [3.05, 3.63) is 29.8 Å². The number of aliphatic hydroxyl groups excluding tert-OH is 1. The summed E-state index contributed by atoms with van der Waals surface area (Å²) in [5, 5.41) is 34.5. The number of hydrogen-bond acceptors (Lipinski definition) is 9. The Morgan fingerprint density at radius 3 is 1.83 bits per heavy atom. The molecule has 1 rings (SSSR count). The van der Waals surface area contributed by atoms with Crippen LogP contribution in [0, 0.1) is 0 Å². The first-order valence-corrected chi connectivity index (χ1v) is 10.7. The zero-order valence-electron chi connectivity index (χ0n) is 19.2. The van der Waals surface area contributed by atoms with Crippen LogP contribution in [-0.4, -0.2) is 81.6 Å². The summed E-state index contributed by atoms with van der Waals surface area (Å²) in [6.45, 7) is -0.709. The molecule has 36 heavy (non-hydrogen) atoms. The summed E-state index contributed by atoms with van der Waals surface area (Å²) in [4.78, 5) is 71.7. The Morgan fingerprint density at radius 2 is 1.33 bits per heavy atom. The number of carbonyl (C=O) groups is 6. The zero-order valence-corrected chi connectivity index (χ0v) is 19.2. The van der Waals surface area contributed by atoms with E-state index < -0.39 is 72.7 Å². The Labute approximate surface area is 205 Å². The van der Waals surface area contributed by atoms with Crippen molar-refractivity contribution >= 4 is 35.5 Å². The summed E-state index contributed by atoms with van der Waals surface area (Å²) in [5.41, 5.74) is 16.1. The van der Waals surface area contributed by atoms with Gasteiger partial charge in [-0.3, -0.25) is 24.0 Å². The van der Waals surface area contributed by atoms with Crippen molar-refractivity contribution in [1.82, 2.24) is 16.0 Å². The van der Waals surface area contributed by atoms with E-state index in [4.69, 9.17) is 22.3 Å². The van der Waals surface area contributed by atoms with Gasteiger partial charge in [-0.15, -0.1) is 0 Å². The lowest BCUT2D eigenvalue weighted by atomic mass is 10.0. The number of rotatable bonds is 15. The van der Waals surface area contributed by atoms with Crippen molar-refractivity contribution in [3.63, 3.8) is 0 Å². The van der Waals surface area contributed by atoms with Crippen LogP contribution in [0.3, 0.4) is 0 Å². The molecule has 15 heteroatoms. The molecule has 0 spiro atoms. The number of carbonyl (C=O) groups excluding carboxylic acids is 5. The highest BCUT2D eigenvalue weighted by Gasteiger charge is 2.31. The molecule has 0 saturated heterocycles. The SMILES string of the molecule is NC(=O)CCC(NC(=O)C(Cc1ccc(O)cc1)NC(=O)C(N)CO)C(=O)NC(CC(N)=O)C(=O)O. The number of carboxylic acid groups (broad SMARTS) is 1. The molecule has 0 aliphatic heterocycles. The van der Waals surface area contributed by atoms with Crippen molar-refractivity contribution in [1.29, 1.82) is 0 Å². The second-order valence-electron chi connectivity index (χ2n) is 7.86. The van der Waals surface area contributed by atoms with Gasteiger partial charge in [0.2, 0.25) is 29.5 Å². The first kappa shape index (κ1) is 29.8. The number of hydrogen-bond donors (Lipinski definition) is 9. The van der Waals surface area contributed by atoms with Crippen LogP contribution in [0.25, 0.3) is 0 Å². The molecule has 0 heterocycles. The molecule has 1 aromatic rings. The van der Waals surface area contributed by atoms with Crippen molar-refractivity contribution in [3.8, 4) is 5.75 Å². The second kappa shape index (κ2) is 14.2. The lowest BCUT2D eigenvalue weighted by Crippen LogP contribution is -2.58. The van der Waals surface area contributed by atoms with E-state index in [-0.39, 0.29) is 25.0 Å². The number of carboxylic acids is 1. The highest BCUT2D eigenvalue weighted by atomic mass is 16.4. The maximum atomic E-state index is 13.1. The molecule has 15 nitrogen and oxygen atoms in total. The molecule has 198 valence electrons. The van der Waals surface area contributed by atoms with Crippen molar-refractivity contribution in [2.45, 2.75) is 49.9 Å². The van der Waals surface area contributed by atoms with Crippen LogP contribution in [0.5, 0.6) is 5.75 Å². The second-order valence-corrected chi connectivity index (χ2v) is 7.86. The molecule has 0 radical (unpaired) electrons. The fraction of sp³-hybridized carbons (Fsp3) is 0.429. The van der Waals surface area contributed by atoms with E-state index in [1.807, 2.05) is 0 Å². The Balaban J connectivity index is 3.15. The number of amides is 5. The van der Waals surface area contributed by atoms with Gasteiger partial charge in [0.1, 0.15) is 29.9 Å². The molecule has 0 saturated carbocycles. The van der Waals surface area contributed by atoms with E-state index in [0.717, 1.165) is 0 Å². The largest absolute Gasteiger partial charge is 0.508 e. The summed E-state index contributed by atoms with van der Waals surface area (Å²) >= 11 is 0. The predicted molar refractivity (Wildman–Crippen MR) is 123 cm³/mol. The van der Waals surface area contributed by atoms with Gasteiger partial charge >= 0.3 is 5.97 Å². The maximum Gasteiger partial charge on any atom is 0.326 e. The third-order valence-electron chi connectivity index (χ3n) is 4.87. The fourth-order valence-electron chi connectivity index (χ4n) is 2.94. The summed E-state index contributed by atoms with van der Waals surface area (Å²) in [7, 11) is 0. The number of nitrogens with one attached hydrogen (secondary N) is 3. The average molecular weight is 511 g/mol. The fourth-order valence-corrected chi connectivity index (χ4v) is 2.94. The molecule has 4 unspecified atom stereocenters. The topological polar surface area (TPSA) is 277 Å². The van der Waals surface area contributed by atoms with Gasteiger partial charge in [0.15, 0.2) is 0 Å². The standard InChI is InChI=1S/C21H30N6O9/c22-12(9-28)18(32)26-14(7-10-1-3-11(29)4-2-10)20(34)25-13(5-6-16(23)30)19(33)27-15(21(35)36)8-17(24)31/h1-4,12-15,28-29H,5-9,22H2,(H2,23,30)(H2,24,31)(H,25,34)(H,26,32)(H,27,33)(H,35,36). The molecule has 5 amide bonds. The predicted octanol–water partition coefficient (Wildman–Crippen LogP) is -4.07. The van der Waals surface area contributed by atoms with Gasteiger partial charge in [0, 0.05) is 12.8 Å². The normalized spacial score (nSPS) is 13.9. The Morgan fingerprint density at radius 1 is 0.806 bits per heavy atom. The Kier molecular flexibility index (Phi) is 11.8. The maximum absolute atomic E-state index is 13.1. The first-order valence-electron chi connectivity index (χ1n) is 10.7. The number of phenolic OH excluding ortho intramolecular Hbond substituents is 1. The summed E-state index contributed by atoms with van der Waals surface area (Å²) in [6, 6.07) is -0.204. The smallest absolute Gasteiger partial charge is 0.326 e. The van der Waals surface area contributed by atoms with Crippen LogP contribution < -0.4 is 33.2 Å². The first-order chi connectivity index (χ1) is 16.8. The van der Waals surface area contributed by atoms with Crippen LogP contribution in [0.15, 0.2) is 24.3 Å². The van der Waals surface area contributed by atoms with Gasteiger partial charge < -0.3 is 48.5 Å². The van der Waals surface area contributed by atoms with Gasteiger partial charge in [0.05, 0.1) is 13.0 Å². The molecule has 0 aliphatic rings. The molecule has 4 atom stereocenters. The Hall–Kier alpha value is -4.24. The number of benzene rings is 1. The molecule has 0 aliphatic carbocycles. The number of phenols is 1. The number of aliphatic carboxylic acids is 1. The quantitative estimate of drug-likeness (QED) is 0.110. The van der Waals surface area contributed by atoms with Crippen LogP contribution in [0.4, 0.5) is 0 Å². The minimum absolute atomic E-state index is 0.0433. The van der Waals surface area contributed by atoms with E-state index >= 15 is 0 Å². The van der Waals surface area contributed by atoms with Crippen LogP contribution >= 0.6 is 0 Å². The molecule has 0 fully saturated rings. The molecule has 1 aromatic carbocycles. The monoisotopic (exact) mass is 510 g/mol. The number of aliphatic hydroxyl groups is 1. The molecule has 0 bridgehead atoms.